The molecule has 1 N–H and O–H groups in total. The molecule has 1 aliphatic rings. The van der Waals surface area contributed by atoms with Gasteiger partial charge in [-0.1, -0.05) is 30.3 Å². The van der Waals surface area contributed by atoms with E-state index in [9.17, 15) is 8.42 Å². The first-order chi connectivity index (χ1) is 10.6. The van der Waals surface area contributed by atoms with Crippen LogP contribution in [-0.2, 0) is 22.9 Å². The molecule has 0 bridgehead atoms. The molecule has 1 aliphatic heterocycles. The molecule has 0 saturated carbocycles. The summed E-state index contributed by atoms with van der Waals surface area (Å²) in [7, 11) is -3.42. The Morgan fingerprint density at radius 2 is 1.91 bits per heavy atom. The molecule has 0 unspecified atom stereocenters. The number of hydrogen-bond acceptors (Lipinski definition) is 3. The molecule has 0 aliphatic carbocycles. The van der Waals surface area contributed by atoms with Crippen molar-refractivity contribution in [2.24, 2.45) is 0 Å². The van der Waals surface area contributed by atoms with E-state index in [-0.39, 0.29) is 0 Å². The van der Waals surface area contributed by atoms with Crippen LogP contribution in [-0.4, -0.2) is 21.6 Å². The minimum absolute atomic E-state index is 0.300. The van der Waals surface area contributed by atoms with Gasteiger partial charge in [0, 0.05) is 6.54 Å². The maximum Gasteiger partial charge on any atom is 0.240 e. The van der Waals surface area contributed by atoms with Gasteiger partial charge in [-0.15, -0.1) is 0 Å². The summed E-state index contributed by atoms with van der Waals surface area (Å²) in [5, 5.41) is 0. The van der Waals surface area contributed by atoms with Gasteiger partial charge >= 0.3 is 0 Å². The van der Waals surface area contributed by atoms with Crippen LogP contribution in [0.25, 0.3) is 0 Å². The highest BCUT2D eigenvalue weighted by molar-refractivity contribution is 7.89. The molecule has 4 nitrogen and oxygen atoms in total. The zero-order valence-electron chi connectivity index (χ0n) is 12.3. The monoisotopic (exact) mass is 317 g/mol. The van der Waals surface area contributed by atoms with Crippen molar-refractivity contribution in [1.82, 2.24) is 4.72 Å². The van der Waals surface area contributed by atoms with Gasteiger partial charge in [-0.05, 0) is 48.6 Å². The van der Waals surface area contributed by atoms with Crippen LogP contribution in [0.3, 0.4) is 0 Å². The van der Waals surface area contributed by atoms with Gasteiger partial charge in [0.05, 0.1) is 11.5 Å². The average Bonchev–Trinajstić information content (AvgIpc) is 2.55. The molecule has 0 aromatic heterocycles. The predicted octanol–water partition coefficient (Wildman–Crippen LogP) is 2.53. The molecule has 0 atom stereocenters. The number of hydrogen-bond donors (Lipinski definition) is 1. The van der Waals surface area contributed by atoms with Crippen molar-refractivity contribution in [3.05, 3.63) is 59.7 Å². The van der Waals surface area contributed by atoms with Crippen molar-refractivity contribution in [2.75, 3.05) is 13.2 Å². The van der Waals surface area contributed by atoms with Crippen molar-refractivity contribution in [3.8, 4) is 5.75 Å². The van der Waals surface area contributed by atoms with Crippen molar-refractivity contribution in [1.29, 1.82) is 0 Å². The first-order valence-electron chi connectivity index (χ1n) is 7.44. The van der Waals surface area contributed by atoms with E-state index in [0.717, 1.165) is 30.8 Å². The van der Waals surface area contributed by atoms with Crippen LogP contribution in [0.2, 0.25) is 0 Å². The molecule has 2 aromatic carbocycles. The van der Waals surface area contributed by atoms with Gasteiger partial charge < -0.3 is 4.74 Å². The van der Waals surface area contributed by atoms with Crippen LogP contribution in [0, 0.1) is 0 Å². The van der Waals surface area contributed by atoms with E-state index in [0.29, 0.717) is 17.9 Å². The highest BCUT2D eigenvalue weighted by Gasteiger charge is 2.13. The van der Waals surface area contributed by atoms with E-state index in [1.165, 1.54) is 5.56 Å². The summed E-state index contributed by atoms with van der Waals surface area (Å²) in [6.45, 7) is 1.17. The van der Waals surface area contributed by atoms with Gasteiger partial charge in [-0.2, -0.15) is 0 Å². The van der Waals surface area contributed by atoms with E-state index >= 15 is 0 Å². The maximum atomic E-state index is 12.1. The number of aryl methyl sites for hydroxylation is 1. The fraction of sp³-hybridized carbons (Fsp3) is 0.294. The van der Waals surface area contributed by atoms with Gasteiger partial charge in [0.25, 0.3) is 0 Å². The van der Waals surface area contributed by atoms with Crippen LogP contribution in [0.5, 0.6) is 5.75 Å². The lowest BCUT2D eigenvalue weighted by atomic mass is 10.0. The molecule has 0 fully saturated rings. The molecule has 2 aromatic rings. The van der Waals surface area contributed by atoms with Gasteiger partial charge in [0.1, 0.15) is 5.75 Å². The Morgan fingerprint density at radius 3 is 2.73 bits per heavy atom. The zero-order valence-corrected chi connectivity index (χ0v) is 13.1. The summed E-state index contributed by atoms with van der Waals surface area (Å²) >= 11 is 0. The number of rotatable bonds is 5. The Hall–Kier alpha value is -1.85. The summed E-state index contributed by atoms with van der Waals surface area (Å²) in [6, 6.07) is 14.5. The fourth-order valence-corrected chi connectivity index (χ4v) is 3.63. The third-order valence-corrected chi connectivity index (χ3v) is 5.21. The molecular formula is C17H19NO3S. The minimum Gasteiger partial charge on any atom is -0.493 e. The molecule has 0 spiro atoms. The van der Waals surface area contributed by atoms with Gasteiger partial charge in [0.2, 0.25) is 10.0 Å². The second-order valence-corrected chi connectivity index (χ2v) is 7.12. The van der Waals surface area contributed by atoms with E-state index in [2.05, 4.69) is 10.8 Å². The van der Waals surface area contributed by atoms with Crippen molar-refractivity contribution in [3.63, 3.8) is 0 Å². The summed E-state index contributed by atoms with van der Waals surface area (Å²) in [5.41, 5.74) is 2.34. The lowest BCUT2D eigenvalue weighted by Crippen LogP contribution is -2.26. The van der Waals surface area contributed by atoms with Crippen molar-refractivity contribution < 1.29 is 13.2 Å². The zero-order chi connectivity index (χ0) is 15.4. The second kappa shape index (κ2) is 6.50. The van der Waals surface area contributed by atoms with E-state index < -0.39 is 10.0 Å². The molecule has 22 heavy (non-hydrogen) atoms. The molecule has 0 amide bonds. The van der Waals surface area contributed by atoms with E-state index in [1.54, 1.807) is 30.3 Å². The van der Waals surface area contributed by atoms with Crippen LogP contribution in [0.1, 0.15) is 17.5 Å². The molecular weight excluding hydrogens is 298 g/mol. The highest BCUT2D eigenvalue weighted by atomic mass is 32.2. The van der Waals surface area contributed by atoms with Crippen molar-refractivity contribution >= 4 is 10.0 Å². The molecule has 116 valence electrons. The second-order valence-electron chi connectivity index (χ2n) is 5.35. The molecule has 0 radical (unpaired) electrons. The third-order valence-electron chi connectivity index (χ3n) is 3.73. The summed E-state index contributed by atoms with van der Waals surface area (Å²) in [5.74, 6) is 0.958. The Labute approximate surface area is 131 Å². The number of sulfonamides is 1. The summed E-state index contributed by atoms with van der Waals surface area (Å²) in [4.78, 5) is 0.300. The Morgan fingerprint density at radius 1 is 1.09 bits per heavy atom. The first kappa shape index (κ1) is 15.1. The van der Waals surface area contributed by atoms with Crippen LogP contribution < -0.4 is 9.46 Å². The lowest BCUT2D eigenvalue weighted by Gasteiger charge is -2.18. The summed E-state index contributed by atoms with van der Waals surface area (Å²) in [6.07, 6.45) is 2.73. The Balaban J connectivity index is 1.61. The predicted molar refractivity (Wildman–Crippen MR) is 85.6 cm³/mol. The Bertz CT molecular complexity index is 742. The molecule has 5 heteroatoms. The fourth-order valence-electron chi connectivity index (χ4n) is 2.58. The number of nitrogens with one attached hydrogen (secondary N) is 1. The van der Waals surface area contributed by atoms with Gasteiger partial charge in [-0.3, -0.25) is 0 Å². The van der Waals surface area contributed by atoms with Crippen LogP contribution in [0.15, 0.2) is 53.4 Å². The van der Waals surface area contributed by atoms with Gasteiger partial charge in [-0.25, -0.2) is 13.1 Å². The maximum absolute atomic E-state index is 12.1. The molecule has 1 heterocycles. The smallest absolute Gasteiger partial charge is 0.240 e. The van der Waals surface area contributed by atoms with E-state index in [4.69, 9.17) is 4.74 Å². The number of fused-ring (bicyclic) bond motifs is 1. The SMILES string of the molecule is O=S(=O)(NCCc1ccc2c(c1)CCCO2)c1ccccc1. The van der Waals surface area contributed by atoms with Crippen LogP contribution in [0.4, 0.5) is 0 Å². The molecule has 3 rings (SSSR count). The largest absolute Gasteiger partial charge is 0.493 e. The third kappa shape index (κ3) is 3.48. The topological polar surface area (TPSA) is 55.4 Å². The van der Waals surface area contributed by atoms with Gasteiger partial charge in [0.15, 0.2) is 0 Å². The van der Waals surface area contributed by atoms with Crippen LogP contribution >= 0.6 is 0 Å². The normalized spacial score (nSPS) is 14.2. The standard InChI is InChI=1S/C17H19NO3S/c19-22(20,16-6-2-1-3-7-16)18-11-10-14-8-9-17-15(13-14)5-4-12-21-17/h1-3,6-9,13,18H,4-5,10-12H2. The minimum atomic E-state index is -3.42. The number of ether oxygens (including phenoxy) is 1. The quantitative estimate of drug-likeness (QED) is 0.922. The number of benzene rings is 2. The summed E-state index contributed by atoms with van der Waals surface area (Å²) < 4.78 is 32.5. The van der Waals surface area contributed by atoms with E-state index in [1.807, 2.05) is 12.1 Å². The highest BCUT2D eigenvalue weighted by Crippen LogP contribution is 2.25. The average molecular weight is 317 g/mol. The molecule has 0 saturated heterocycles. The van der Waals surface area contributed by atoms with Crippen molar-refractivity contribution in [2.45, 2.75) is 24.2 Å². The Kier molecular flexibility index (Phi) is 4.45. The lowest BCUT2D eigenvalue weighted by molar-refractivity contribution is 0.288. The first-order valence-corrected chi connectivity index (χ1v) is 8.93.